The first kappa shape index (κ1) is 21.2. The molecule has 1 aliphatic heterocycles. The summed E-state index contributed by atoms with van der Waals surface area (Å²) >= 11 is 0. The summed E-state index contributed by atoms with van der Waals surface area (Å²) in [6, 6.07) is 0.105. The number of hydrogen-bond donors (Lipinski definition) is 1. The molecule has 1 N–H and O–H groups in total. The number of hydrogen-bond acceptors (Lipinski definition) is 4. The Kier molecular flexibility index (Phi) is 7.54. The van der Waals surface area contributed by atoms with Crippen molar-refractivity contribution in [1.82, 2.24) is 10.2 Å². The third kappa shape index (κ3) is 4.85. The van der Waals surface area contributed by atoms with Crippen LogP contribution in [-0.4, -0.2) is 48.6 Å². The normalized spacial score (nSPS) is 30.4. The predicted octanol–water partition coefficient (Wildman–Crippen LogP) is 2.77. The first-order valence-corrected chi connectivity index (χ1v) is 8.88. The lowest BCUT2D eigenvalue weighted by Crippen LogP contribution is -2.53. The van der Waals surface area contributed by atoms with Crippen molar-refractivity contribution in [3.8, 4) is 0 Å². The molecule has 1 heterocycles. The smallest absolute Gasteiger partial charge is 0.322 e. The molecule has 0 radical (unpaired) electrons. The van der Waals surface area contributed by atoms with Gasteiger partial charge in [0.25, 0.3) is 0 Å². The lowest BCUT2D eigenvalue weighted by Gasteiger charge is -2.42. The average Bonchev–Trinajstić information content (AvgIpc) is 2.97. The van der Waals surface area contributed by atoms with Crippen molar-refractivity contribution in [3.05, 3.63) is 0 Å². The van der Waals surface area contributed by atoms with E-state index in [1.165, 1.54) is 20.0 Å². The Balaban J connectivity index is 0.00000288. The number of methoxy groups -OCH3 is 1. The maximum absolute atomic E-state index is 13.1. The zero-order valence-electron chi connectivity index (χ0n) is 15.6. The van der Waals surface area contributed by atoms with E-state index in [1.807, 2.05) is 20.8 Å². The summed E-state index contributed by atoms with van der Waals surface area (Å²) in [5.41, 5.74) is -0.396. The molecule has 5 nitrogen and oxygen atoms in total. The Morgan fingerprint density at radius 1 is 1.08 bits per heavy atom. The average molecular weight is 361 g/mol. The fraction of sp³-hybridized carbons (Fsp3) is 0.889. The van der Waals surface area contributed by atoms with Crippen LogP contribution in [0.4, 0.5) is 0 Å². The standard InChI is InChI=1S/C18H32N2O3.ClH/c1-12-6-8-13(9-7-12)20(17(22)18(2,3)4)14-10-15(19-11-14)16(21)23-5;/h12-15,19H,6-11H2,1-5H3;1H/t12?,13?,14-,15-;/m0./s1. The van der Waals surface area contributed by atoms with Crippen LogP contribution in [0, 0.1) is 11.3 Å². The highest BCUT2D eigenvalue weighted by Crippen LogP contribution is 2.33. The highest BCUT2D eigenvalue weighted by atomic mass is 35.5. The molecule has 2 aliphatic rings. The minimum Gasteiger partial charge on any atom is -0.468 e. The molecular weight excluding hydrogens is 328 g/mol. The number of carbonyl (C=O) groups is 2. The minimum absolute atomic E-state index is 0. The van der Waals surface area contributed by atoms with Gasteiger partial charge in [0.05, 0.1) is 7.11 Å². The summed E-state index contributed by atoms with van der Waals surface area (Å²) in [5.74, 6) is 0.727. The minimum atomic E-state index is -0.396. The van der Waals surface area contributed by atoms with E-state index in [0.717, 1.165) is 18.8 Å². The summed E-state index contributed by atoms with van der Waals surface area (Å²) in [6.45, 7) is 8.90. The molecule has 1 saturated heterocycles. The molecule has 2 rings (SSSR count). The lowest BCUT2D eigenvalue weighted by molar-refractivity contribution is -0.147. The van der Waals surface area contributed by atoms with Crippen molar-refractivity contribution >= 4 is 24.3 Å². The third-order valence-electron chi connectivity index (χ3n) is 5.24. The molecular formula is C18H33ClN2O3. The number of nitrogens with zero attached hydrogens (tertiary/aromatic N) is 1. The van der Waals surface area contributed by atoms with Gasteiger partial charge in [-0.15, -0.1) is 12.4 Å². The second-order valence-corrected chi connectivity index (χ2v) is 8.25. The molecule has 24 heavy (non-hydrogen) atoms. The van der Waals surface area contributed by atoms with Crippen molar-refractivity contribution in [1.29, 1.82) is 0 Å². The van der Waals surface area contributed by atoms with Crippen molar-refractivity contribution in [2.45, 2.75) is 77.9 Å². The topological polar surface area (TPSA) is 58.6 Å². The van der Waals surface area contributed by atoms with E-state index in [4.69, 9.17) is 4.74 Å². The van der Waals surface area contributed by atoms with E-state index in [1.54, 1.807) is 0 Å². The van der Waals surface area contributed by atoms with Gasteiger partial charge in [0.1, 0.15) is 6.04 Å². The van der Waals surface area contributed by atoms with Crippen LogP contribution >= 0.6 is 12.4 Å². The van der Waals surface area contributed by atoms with E-state index < -0.39 is 5.41 Å². The molecule has 1 aliphatic carbocycles. The maximum Gasteiger partial charge on any atom is 0.322 e. The molecule has 0 unspecified atom stereocenters. The number of esters is 1. The molecule has 0 aromatic rings. The summed E-state index contributed by atoms with van der Waals surface area (Å²) in [6.07, 6.45) is 5.16. The van der Waals surface area contributed by atoms with Crippen LogP contribution < -0.4 is 5.32 Å². The first-order valence-electron chi connectivity index (χ1n) is 8.88. The number of rotatable bonds is 3. The van der Waals surface area contributed by atoms with Crippen molar-refractivity contribution in [2.24, 2.45) is 11.3 Å². The van der Waals surface area contributed by atoms with Crippen molar-refractivity contribution in [3.63, 3.8) is 0 Å². The quantitative estimate of drug-likeness (QED) is 0.786. The van der Waals surface area contributed by atoms with Gasteiger partial charge in [0, 0.05) is 24.0 Å². The van der Waals surface area contributed by atoms with Crippen molar-refractivity contribution < 1.29 is 14.3 Å². The number of ether oxygens (including phenoxy) is 1. The Hall–Kier alpha value is -0.810. The van der Waals surface area contributed by atoms with Gasteiger partial charge in [-0.1, -0.05) is 27.7 Å². The molecule has 0 aromatic carbocycles. The number of amides is 1. The Bertz CT molecular complexity index is 442. The zero-order valence-corrected chi connectivity index (χ0v) is 16.4. The highest BCUT2D eigenvalue weighted by molar-refractivity contribution is 5.85. The summed E-state index contributed by atoms with van der Waals surface area (Å²) in [7, 11) is 1.41. The fourth-order valence-electron chi connectivity index (χ4n) is 3.79. The van der Waals surface area contributed by atoms with E-state index in [9.17, 15) is 9.59 Å². The monoisotopic (exact) mass is 360 g/mol. The molecule has 1 saturated carbocycles. The lowest BCUT2D eigenvalue weighted by atomic mass is 9.84. The van der Waals surface area contributed by atoms with Gasteiger partial charge >= 0.3 is 5.97 Å². The van der Waals surface area contributed by atoms with Gasteiger partial charge in [-0.05, 0) is 38.0 Å². The van der Waals surface area contributed by atoms with Crippen LogP contribution in [0.1, 0.15) is 59.8 Å². The van der Waals surface area contributed by atoms with E-state index in [-0.39, 0.29) is 36.4 Å². The zero-order chi connectivity index (χ0) is 17.2. The largest absolute Gasteiger partial charge is 0.468 e. The molecule has 2 atom stereocenters. The van der Waals surface area contributed by atoms with Gasteiger partial charge in [0.15, 0.2) is 0 Å². The summed E-state index contributed by atoms with van der Waals surface area (Å²) in [4.78, 5) is 26.9. The highest BCUT2D eigenvalue weighted by Gasteiger charge is 2.42. The molecule has 6 heteroatoms. The van der Waals surface area contributed by atoms with Gasteiger partial charge in [-0.25, -0.2) is 0 Å². The van der Waals surface area contributed by atoms with Crippen LogP contribution in [0.25, 0.3) is 0 Å². The number of halogens is 1. The number of carbonyl (C=O) groups excluding carboxylic acids is 2. The first-order chi connectivity index (χ1) is 10.7. The van der Waals surface area contributed by atoms with Gasteiger partial charge in [-0.2, -0.15) is 0 Å². The Morgan fingerprint density at radius 2 is 1.67 bits per heavy atom. The van der Waals surface area contributed by atoms with Gasteiger partial charge < -0.3 is 15.0 Å². The second kappa shape index (κ2) is 8.52. The van der Waals surface area contributed by atoms with Crippen LogP contribution in [-0.2, 0) is 14.3 Å². The summed E-state index contributed by atoms with van der Waals surface area (Å²) < 4.78 is 4.84. The summed E-state index contributed by atoms with van der Waals surface area (Å²) in [5, 5.41) is 3.22. The Labute approximate surface area is 152 Å². The van der Waals surface area contributed by atoms with Crippen molar-refractivity contribution in [2.75, 3.05) is 13.7 Å². The molecule has 0 bridgehead atoms. The third-order valence-corrected chi connectivity index (χ3v) is 5.24. The Morgan fingerprint density at radius 3 is 2.17 bits per heavy atom. The molecule has 2 fully saturated rings. The molecule has 0 aromatic heterocycles. The van der Waals surface area contributed by atoms with Crippen LogP contribution in [0.15, 0.2) is 0 Å². The SMILES string of the molecule is COC(=O)[C@@H]1C[C@H](N(C(=O)C(C)(C)C)C2CCC(C)CC2)CN1.Cl. The van der Waals surface area contributed by atoms with Crippen LogP contribution in [0.5, 0.6) is 0 Å². The molecule has 1 amide bonds. The van der Waals surface area contributed by atoms with Crippen LogP contribution in [0.3, 0.4) is 0 Å². The van der Waals surface area contributed by atoms with E-state index in [0.29, 0.717) is 19.0 Å². The van der Waals surface area contributed by atoms with Gasteiger partial charge in [0.2, 0.25) is 5.91 Å². The number of nitrogens with one attached hydrogen (secondary N) is 1. The molecule has 140 valence electrons. The second-order valence-electron chi connectivity index (χ2n) is 8.25. The van der Waals surface area contributed by atoms with Crippen LogP contribution in [0.2, 0.25) is 0 Å². The fourth-order valence-corrected chi connectivity index (χ4v) is 3.79. The molecule has 0 spiro atoms. The van der Waals surface area contributed by atoms with E-state index in [2.05, 4.69) is 17.1 Å². The maximum atomic E-state index is 13.1. The van der Waals surface area contributed by atoms with E-state index >= 15 is 0 Å². The van der Waals surface area contributed by atoms with Gasteiger partial charge in [-0.3, -0.25) is 9.59 Å². The predicted molar refractivity (Wildman–Crippen MR) is 97.2 cm³/mol.